The molecular weight excluding hydrogens is 216 g/mol. The summed E-state index contributed by atoms with van der Waals surface area (Å²) in [6, 6.07) is 0. The number of hydrogen-bond donors (Lipinski definition) is 1. The summed E-state index contributed by atoms with van der Waals surface area (Å²) in [5, 5.41) is 18.2. The first kappa shape index (κ1) is 11.9. The second-order valence-electron chi connectivity index (χ2n) is 1.61. The maximum absolute atomic E-state index is 9.89. The molecule has 0 rings (SSSR count). The minimum atomic E-state index is -1.17. The Morgan fingerprint density at radius 2 is 2.22 bits per heavy atom. The third-order valence-electron chi connectivity index (χ3n) is 1.05. The molecular formula is C5H9AgO3. The van der Waals surface area contributed by atoms with E-state index in [0.29, 0.717) is 6.42 Å². The zero-order chi connectivity index (χ0) is 6.57. The fourth-order valence-corrected chi connectivity index (χ4v) is 0.370. The van der Waals surface area contributed by atoms with Crippen LogP contribution >= 0.6 is 0 Å². The Kier molecular flexibility index (Phi) is 8.32. The topological polar surface area (TPSA) is 60.4 Å². The van der Waals surface area contributed by atoms with Gasteiger partial charge in [0.05, 0.1) is 6.61 Å². The molecule has 0 aromatic heterocycles. The maximum atomic E-state index is 9.89. The van der Waals surface area contributed by atoms with Crippen molar-refractivity contribution < 1.29 is 37.4 Å². The number of carbonyl (C=O) groups excluding carboxylic acids is 1. The van der Waals surface area contributed by atoms with Crippen molar-refractivity contribution in [2.75, 3.05) is 6.61 Å². The van der Waals surface area contributed by atoms with Gasteiger partial charge in [0.25, 0.3) is 0 Å². The van der Waals surface area contributed by atoms with Crippen molar-refractivity contribution in [1.29, 1.82) is 0 Å². The van der Waals surface area contributed by atoms with Crippen LogP contribution in [0.5, 0.6) is 0 Å². The summed E-state index contributed by atoms with van der Waals surface area (Å²) in [6.07, 6.45) is 0.429. The summed E-state index contributed by atoms with van der Waals surface area (Å²) >= 11 is 0. The van der Waals surface area contributed by atoms with E-state index in [9.17, 15) is 9.90 Å². The van der Waals surface area contributed by atoms with Gasteiger partial charge in [0, 0.05) is 11.9 Å². The minimum absolute atomic E-state index is 0. The number of carboxylic acids is 1. The molecule has 0 amide bonds. The van der Waals surface area contributed by atoms with Crippen LogP contribution in [0.25, 0.3) is 0 Å². The number of carboxylic acid groups (broad SMARTS) is 1. The fraction of sp³-hybridized carbons (Fsp3) is 0.800. The summed E-state index contributed by atoms with van der Waals surface area (Å²) in [6.45, 7) is 1.37. The van der Waals surface area contributed by atoms with Crippen molar-refractivity contribution in [3.05, 3.63) is 0 Å². The van der Waals surface area contributed by atoms with Gasteiger partial charge in [-0.2, -0.15) is 0 Å². The predicted octanol–water partition coefficient (Wildman–Crippen LogP) is -1.25. The van der Waals surface area contributed by atoms with E-state index in [2.05, 4.69) is 0 Å². The zero-order valence-electron chi connectivity index (χ0n) is 5.06. The third-order valence-corrected chi connectivity index (χ3v) is 1.05. The number of carbonyl (C=O) groups is 1. The van der Waals surface area contributed by atoms with E-state index in [0.717, 1.165) is 0 Å². The molecule has 0 aromatic rings. The Balaban J connectivity index is 0. The fourth-order valence-electron chi connectivity index (χ4n) is 0.370. The molecule has 9 heavy (non-hydrogen) atoms. The van der Waals surface area contributed by atoms with Crippen LogP contribution in [-0.2, 0) is 27.2 Å². The Morgan fingerprint density at radius 1 is 1.78 bits per heavy atom. The second kappa shape index (κ2) is 6.29. The molecule has 0 aliphatic carbocycles. The molecule has 1 unspecified atom stereocenters. The Hall–Kier alpha value is 0.170. The van der Waals surface area contributed by atoms with E-state index in [-0.39, 0.29) is 29.0 Å². The van der Waals surface area contributed by atoms with Crippen LogP contribution in [-0.4, -0.2) is 17.7 Å². The molecule has 0 spiro atoms. The van der Waals surface area contributed by atoms with Crippen molar-refractivity contribution >= 4 is 5.97 Å². The van der Waals surface area contributed by atoms with Crippen LogP contribution in [0, 0.1) is 5.92 Å². The molecule has 0 saturated carbocycles. The monoisotopic (exact) mass is 224 g/mol. The van der Waals surface area contributed by atoms with Gasteiger partial charge < -0.3 is 15.0 Å². The van der Waals surface area contributed by atoms with Gasteiger partial charge in [-0.25, -0.2) is 0 Å². The van der Waals surface area contributed by atoms with Gasteiger partial charge in [0.1, 0.15) is 0 Å². The average molecular weight is 225 g/mol. The van der Waals surface area contributed by atoms with Crippen LogP contribution in [0.4, 0.5) is 0 Å². The molecule has 0 aliphatic heterocycles. The largest absolute Gasteiger partial charge is 1.00 e. The second-order valence-corrected chi connectivity index (χ2v) is 1.61. The van der Waals surface area contributed by atoms with Crippen LogP contribution < -0.4 is 5.11 Å². The van der Waals surface area contributed by atoms with E-state index in [1.807, 2.05) is 0 Å². The van der Waals surface area contributed by atoms with E-state index in [1.54, 1.807) is 6.92 Å². The minimum Gasteiger partial charge on any atom is -0.550 e. The Bertz CT molecular complexity index is 80.3. The summed E-state index contributed by atoms with van der Waals surface area (Å²) in [7, 11) is 0. The SMILES string of the molecule is CCC(CO)C(=O)[O-].[Ag+]. The number of aliphatic hydroxyl groups is 1. The maximum Gasteiger partial charge on any atom is 1.00 e. The van der Waals surface area contributed by atoms with E-state index in [4.69, 9.17) is 5.11 Å². The van der Waals surface area contributed by atoms with Crippen LogP contribution in [0.1, 0.15) is 13.3 Å². The first-order valence-corrected chi connectivity index (χ1v) is 2.54. The standard InChI is InChI=1S/C5H10O3.Ag/c1-2-4(3-6)5(7)8;/h4,6H,2-3H2,1H3,(H,7,8);/q;+1/p-1. The van der Waals surface area contributed by atoms with Crippen molar-refractivity contribution in [2.45, 2.75) is 13.3 Å². The molecule has 0 radical (unpaired) electrons. The predicted molar refractivity (Wildman–Crippen MR) is 25.9 cm³/mol. The number of hydrogen-bond acceptors (Lipinski definition) is 3. The summed E-state index contributed by atoms with van der Waals surface area (Å²) < 4.78 is 0. The van der Waals surface area contributed by atoms with Crippen molar-refractivity contribution in [3.8, 4) is 0 Å². The quantitative estimate of drug-likeness (QED) is 0.610. The molecule has 0 bridgehead atoms. The summed E-state index contributed by atoms with van der Waals surface area (Å²) in [4.78, 5) is 9.89. The zero-order valence-corrected chi connectivity index (χ0v) is 6.54. The molecule has 0 aromatic carbocycles. The normalized spacial score (nSPS) is 11.8. The van der Waals surface area contributed by atoms with Gasteiger partial charge in [0.2, 0.25) is 0 Å². The van der Waals surface area contributed by atoms with Gasteiger partial charge in [0.15, 0.2) is 0 Å². The average Bonchev–Trinajstić information content (AvgIpc) is 1.69. The van der Waals surface area contributed by atoms with Crippen LogP contribution in [0.15, 0.2) is 0 Å². The summed E-state index contributed by atoms with van der Waals surface area (Å²) in [5.74, 6) is -1.86. The molecule has 0 aliphatic rings. The molecule has 3 nitrogen and oxygen atoms in total. The van der Waals surface area contributed by atoms with Crippen LogP contribution in [0.3, 0.4) is 0 Å². The first-order chi connectivity index (χ1) is 3.72. The molecule has 0 heterocycles. The van der Waals surface area contributed by atoms with Gasteiger partial charge in [-0.1, -0.05) is 6.92 Å². The molecule has 0 fully saturated rings. The number of rotatable bonds is 3. The van der Waals surface area contributed by atoms with Gasteiger partial charge in [-0.3, -0.25) is 0 Å². The van der Waals surface area contributed by atoms with E-state index < -0.39 is 11.9 Å². The van der Waals surface area contributed by atoms with Gasteiger partial charge in [-0.15, -0.1) is 0 Å². The number of aliphatic hydroxyl groups excluding tert-OH is 1. The molecule has 4 heteroatoms. The molecule has 58 valence electrons. The van der Waals surface area contributed by atoms with Crippen molar-refractivity contribution in [1.82, 2.24) is 0 Å². The molecule has 1 N–H and O–H groups in total. The van der Waals surface area contributed by atoms with Gasteiger partial charge >= 0.3 is 22.4 Å². The first-order valence-electron chi connectivity index (χ1n) is 2.54. The van der Waals surface area contributed by atoms with E-state index in [1.165, 1.54) is 0 Å². The Labute approximate surface area is 69.6 Å². The van der Waals surface area contributed by atoms with Crippen molar-refractivity contribution in [3.63, 3.8) is 0 Å². The van der Waals surface area contributed by atoms with Crippen LogP contribution in [0.2, 0.25) is 0 Å². The molecule has 1 atom stereocenters. The third kappa shape index (κ3) is 4.66. The molecule has 0 saturated heterocycles. The van der Waals surface area contributed by atoms with Gasteiger partial charge in [-0.05, 0) is 6.42 Å². The smallest absolute Gasteiger partial charge is 0.550 e. The summed E-state index contributed by atoms with van der Waals surface area (Å²) in [5.41, 5.74) is 0. The Morgan fingerprint density at radius 3 is 2.22 bits per heavy atom. The van der Waals surface area contributed by atoms with E-state index >= 15 is 0 Å². The van der Waals surface area contributed by atoms with Crippen molar-refractivity contribution in [2.24, 2.45) is 5.92 Å². The number of aliphatic carboxylic acids is 1.